The SMILES string of the molecule is CCNC(=O)c1ccc(OC(=O)C(NC(=O)c2ccc(Cl)cc2Cl)C(C)C)cc1. The molecule has 0 aromatic heterocycles. The van der Waals surface area contributed by atoms with Gasteiger partial charge in [0.05, 0.1) is 10.6 Å². The highest BCUT2D eigenvalue weighted by atomic mass is 35.5. The van der Waals surface area contributed by atoms with Gasteiger partial charge in [-0.05, 0) is 55.3 Å². The second-order valence-electron chi connectivity index (χ2n) is 6.62. The number of carbonyl (C=O) groups is 3. The third kappa shape index (κ3) is 6.21. The van der Waals surface area contributed by atoms with Crippen LogP contribution < -0.4 is 15.4 Å². The van der Waals surface area contributed by atoms with Crippen molar-refractivity contribution in [3.8, 4) is 5.75 Å². The van der Waals surface area contributed by atoms with E-state index in [0.29, 0.717) is 17.1 Å². The first-order valence-corrected chi connectivity index (χ1v) is 9.84. The number of carbonyl (C=O) groups excluding carboxylic acids is 3. The smallest absolute Gasteiger partial charge is 0.334 e. The highest BCUT2D eigenvalue weighted by molar-refractivity contribution is 6.36. The van der Waals surface area contributed by atoms with Crippen molar-refractivity contribution in [2.24, 2.45) is 5.92 Å². The number of amides is 2. The molecule has 0 heterocycles. The molecule has 0 bridgehead atoms. The van der Waals surface area contributed by atoms with Gasteiger partial charge in [0.15, 0.2) is 0 Å². The minimum absolute atomic E-state index is 0.187. The summed E-state index contributed by atoms with van der Waals surface area (Å²) in [5.74, 6) is -1.30. The van der Waals surface area contributed by atoms with Gasteiger partial charge >= 0.3 is 5.97 Å². The lowest BCUT2D eigenvalue weighted by Crippen LogP contribution is -2.46. The first-order chi connectivity index (χ1) is 13.7. The van der Waals surface area contributed by atoms with E-state index in [9.17, 15) is 14.4 Å². The Hall–Kier alpha value is -2.57. The molecule has 1 atom stereocenters. The van der Waals surface area contributed by atoms with Crippen LogP contribution in [-0.2, 0) is 4.79 Å². The Labute approximate surface area is 179 Å². The average molecular weight is 437 g/mol. The second kappa shape index (κ2) is 10.3. The molecule has 0 radical (unpaired) electrons. The van der Waals surface area contributed by atoms with Crippen LogP contribution in [0.5, 0.6) is 5.75 Å². The van der Waals surface area contributed by atoms with Gasteiger partial charge in [-0.2, -0.15) is 0 Å². The fraction of sp³-hybridized carbons (Fsp3) is 0.286. The molecule has 0 fully saturated rings. The van der Waals surface area contributed by atoms with Gasteiger partial charge in [-0.25, -0.2) is 4.79 Å². The van der Waals surface area contributed by atoms with Crippen molar-refractivity contribution in [1.29, 1.82) is 0 Å². The van der Waals surface area contributed by atoms with E-state index < -0.39 is 17.9 Å². The van der Waals surface area contributed by atoms with Crippen LogP contribution in [0.25, 0.3) is 0 Å². The van der Waals surface area contributed by atoms with E-state index in [1.54, 1.807) is 32.0 Å². The lowest BCUT2D eigenvalue weighted by atomic mass is 10.0. The van der Waals surface area contributed by atoms with E-state index in [4.69, 9.17) is 27.9 Å². The van der Waals surface area contributed by atoms with E-state index in [1.807, 2.05) is 6.92 Å². The maximum absolute atomic E-state index is 12.6. The Kier molecular flexibility index (Phi) is 8.05. The van der Waals surface area contributed by atoms with Crippen molar-refractivity contribution in [3.05, 3.63) is 63.6 Å². The number of hydrogen-bond acceptors (Lipinski definition) is 4. The van der Waals surface area contributed by atoms with Crippen LogP contribution in [0, 0.1) is 5.92 Å². The zero-order valence-electron chi connectivity index (χ0n) is 16.3. The summed E-state index contributed by atoms with van der Waals surface area (Å²) < 4.78 is 5.38. The molecular formula is C21H22Cl2N2O4. The Morgan fingerprint density at radius 1 is 1.00 bits per heavy atom. The average Bonchev–Trinajstić information content (AvgIpc) is 2.66. The summed E-state index contributed by atoms with van der Waals surface area (Å²) in [6.07, 6.45) is 0. The van der Waals surface area contributed by atoms with E-state index >= 15 is 0 Å². The number of ether oxygens (including phenoxy) is 1. The van der Waals surface area contributed by atoms with Gasteiger partial charge in [0.25, 0.3) is 11.8 Å². The fourth-order valence-electron chi connectivity index (χ4n) is 2.51. The molecule has 2 aromatic rings. The molecule has 0 aliphatic carbocycles. The molecule has 0 saturated heterocycles. The standard InChI is InChI=1S/C21H22Cl2N2O4/c1-4-24-19(26)13-5-8-15(9-6-13)29-21(28)18(12(2)3)25-20(27)16-10-7-14(22)11-17(16)23/h5-12,18H,4H2,1-3H3,(H,24,26)(H,25,27). The van der Waals surface area contributed by atoms with Gasteiger partial charge in [-0.1, -0.05) is 37.0 Å². The third-order valence-corrected chi connectivity index (χ3v) is 4.60. The number of nitrogens with one attached hydrogen (secondary N) is 2. The summed E-state index contributed by atoms with van der Waals surface area (Å²) in [7, 11) is 0. The van der Waals surface area contributed by atoms with Crippen molar-refractivity contribution in [3.63, 3.8) is 0 Å². The van der Waals surface area contributed by atoms with E-state index in [0.717, 1.165) is 0 Å². The normalized spacial score (nSPS) is 11.7. The van der Waals surface area contributed by atoms with Gasteiger partial charge in [-0.3, -0.25) is 9.59 Å². The van der Waals surface area contributed by atoms with Crippen molar-refractivity contribution in [1.82, 2.24) is 10.6 Å². The molecular weight excluding hydrogens is 415 g/mol. The predicted molar refractivity (Wildman–Crippen MR) is 113 cm³/mol. The van der Waals surface area contributed by atoms with Gasteiger partial charge in [0.1, 0.15) is 11.8 Å². The van der Waals surface area contributed by atoms with Crippen LogP contribution in [0.3, 0.4) is 0 Å². The lowest BCUT2D eigenvalue weighted by molar-refractivity contribution is -0.137. The molecule has 8 heteroatoms. The molecule has 2 rings (SSSR count). The van der Waals surface area contributed by atoms with Crippen LogP contribution in [0.15, 0.2) is 42.5 Å². The van der Waals surface area contributed by atoms with Crippen molar-refractivity contribution >= 4 is 41.0 Å². The van der Waals surface area contributed by atoms with Crippen LogP contribution in [0.1, 0.15) is 41.5 Å². The summed E-state index contributed by atoms with van der Waals surface area (Å²) in [5, 5.41) is 5.93. The highest BCUT2D eigenvalue weighted by Gasteiger charge is 2.27. The maximum Gasteiger partial charge on any atom is 0.334 e. The summed E-state index contributed by atoms with van der Waals surface area (Å²) in [5.41, 5.74) is 0.665. The lowest BCUT2D eigenvalue weighted by Gasteiger charge is -2.21. The van der Waals surface area contributed by atoms with Crippen LogP contribution >= 0.6 is 23.2 Å². The molecule has 0 saturated carbocycles. The minimum atomic E-state index is -0.891. The van der Waals surface area contributed by atoms with Gasteiger partial charge in [0, 0.05) is 17.1 Å². The molecule has 2 N–H and O–H groups in total. The highest BCUT2D eigenvalue weighted by Crippen LogP contribution is 2.21. The summed E-state index contributed by atoms with van der Waals surface area (Å²) in [6.45, 7) is 5.91. The van der Waals surface area contributed by atoms with Crippen LogP contribution in [-0.4, -0.2) is 30.4 Å². The van der Waals surface area contributed by atoms with Gasteiger partial charge in [0.2, 0.25) is 0 Å². The number of esters is 1. The largest absolute Gasteiger partial charge is 0.425 e. The van der Waals surface area contributed by atoms with E-state index in [1.165, 1.54) is 24.3 Å². The van der Waals surface area contributed by atoms with Crippen molar-refractivity contribution < 1.29 is 19.1 Å². The van der Waals surface area contributed by atoms with E-state index in [-0.39, 0.29) is 28.2 Å². The Morgan fingerprint density at radius 2 is 1.66 bits per heavy atom. The number of halogens is 2. The Morgan fingerprint density at radius 3 is 2.21 bits per heavy atom. The minimum Gasteiger partial charge on any atom is -0.425 e. The molecule has 154 valence electrons. The van der Waals surface area contributed by atoms with Crippen LogP contribution in [0.2, 0.25) is 10.0 Å². The summed E-state index contributed by atoms with van der Waals surface area (Å²) in [4.78, 5) is 36.9. The number of rotatable bonds is 7. The maximum atomic E-state index is 12.6. The van der Waals surface area contributed by atoms with Gasteiger partial charge in [-0.15, -0.1) is 0 Å². The molecule has 0 spiro atoms. The van der Waals surface area contributed by atoms with Gasteiger partial charge < -0.3 is 15.4 Å². The molecule has 2 aromatic carbocycles. The Balaban J connectivity index is 2.09. The zero-order chi connectivity index (χ0) is 21.6. The first-order valence-electron chi connectivity index (χ1n) is 9.08. The third-order valence-electron chi connectivity index (χ3n) is 4.06. The summed E-state index contributed by atoms with van der Waals surface area (Å²) in [6, 6.07) is 9.77. The molecule has 0 aliphatic rings. The molecule has 6 nitrogen and oxygen atoms in total. The molecule has 2 amide bonds. The molecule has 29 heavy (non-hydrogen) atoms. The Bertz CT molecular complexity index is 898. The quantitative estimate of drug-likeness (QED) is 0.505. The van der Waals surface area contributed by atoms with E-state index in [2.05, 4.69) is 10.6 Å². The first kappa shape index (κ1) is 22.7. The van der Waals surface area contributed by atoms with Crippen molar-refractivity contribution in [2.75, 3.05) is 6.54 Å². The van der Waals surface area contributed by atoms with Crippen LogP contribution in [0.4, 0.5) is 0 Å². The van der Waals surface area contributed by atoms with Crippen molar-refractivity contribution in [2.45, 2.75) is 26.8 Å². The second-order valence-corrected chi connectivity index (χ2v) is 7.47. The summed E-state index contributed by atoms with van der Waals surface area (Å²) >= 11 is 11.9. The number of hydrogen-bond donors (Lipinski definition) is 2. The zero-order valence-corrected chi connectivity index (χ0v) is 17.8. The molecule has 0 aliphatic heterocycles. The topological polar surface area (TPSA) is 84.5 Å². The fourth-order valence-corrected chi connectivity index (χ4v) is 3.00. The monoisotopic (exact) mass is 436 g/mol. The molecule has 1 unspecified atom stereocenters. The predicted octanol–water partition coefficient (Wildman–Crippen LogP) is 4.10. The number of benzene rings is 2.